The summed E-state index contributed by atoms with van der Waals surface area (Å²) >= 11 is 5.74. The molecule has 1 aromatic carbocycles. The van der Waals surface area contributed by atoms with Crippen LogP contribution < -0.4 is 5.73 Å². The summed E-state index contributed by atoms with van der Waals surface area (Å²) in [6.45, 7) is 0.651. The first kappa shape index (κ1) is 10.5. The predicted molar refractivity (Wildman–Crippen MR) is 54.8 cm³/mol. The van der Waals surface area contributed by atoms with E-state index in [1.807, 2.05) is 24.3 Å². The van der Waals surface area contributed by atoms with E-state index >= 15 is 0 Å². The molecule has 0 aliphatic heterocycles. The molecule has 3 N–H and O–H groups in total. The second-order valence-corrected chi connectivity index (χ2v) is 3.55. The van der Waals surface area contributed by atoms with Crippen LogP contribution in [-0.2, 0) is 6.42 Å². The van der Waals surface area contributed by atoms with E-state index in [9.17, 15) is 0 Å². The van der Waals surface area contributed by atoms with Gasteiger partial charge in [0.25, 0.3) is 0 Å². The summed E-state index contributed by atoms with van der Waals surface area (Å²) in [5, 5.41) is 9.67. The van der Waals surface area contributed by atoms with Crippen molar-refractivity contribution in [1.82, 2.24) is 0 Å². The number of rotatable bonds is 4. The molecule has 0 aliphatic carbocycles. The third-order valence-corrected chi connectivity index (χ3v) is 2.28. The van der Waals surface area contributed by atoms with Crippen LogP contribution in [0.2, 0.25) is 5.02 Å². The van der Waals surface area contributed by atoms with Crippen LogP contribution in [0.25, 0.3) is 0 Å². The van der Waals surface area contributed by atoms with Crippen LogP contribution in [0.5, 0.6) is 0 Å². The molecule has 0 bridgehead atoms. The normalized spacial score (nSPS) is 12.8. The molecule has 1 aromatic rings. The minimum absolute atomic E-state index is 0.138. The zero-order valence-corrected chi connectivity index (χ0v) is 8.17. The molecule has 0 aromatic heterocycles. The Morgan fingerprint density at radius 3 is 2.38 bits per heavy atom. The smallest absolute Gasteiger partial charge is 0.0474 e. The van der Waals surface area contributed by atoms with Gasteiger partial charge in [0.1, 0.15) is 0 Å². The van der Waals surface area contributed by atoms with Gasteiger partial charge in [-0.25, -0.2) is 0 Å². The Balaban J connectivity index is 2.58. The molecular formula is C10H14ClNO. The largest absolute Gasteiger partial charge is 0.396 e. The minimum atomic E-state index is 0.138. The first-order valence-corrected chi connectivity index (χ1v) is 4.69. The Morgan fingerprint density at radius 2 is 1.92 bits per heavy atom. The van der Waals surface area contributed by atoms with E-state index in [1.54, 1.807) is 0 Å². The van der Waals surface area contributed by atoms with Gasteiger partial charge in [-0.2, -0.15) is 0 Å². The molecule has 0 heterocycles. The highest BCUT2D eigenvalue weighted by atomic mass is 35.5. The Bertz CT molecular complexity index is 244. The van der Waals surface area contributed by atoms with Crippen molar-refractivity contribution in [2.24, 2.45) is 11.7 Å². The van der Waals surface area contributed by atoms with Crippen LogP contribution in [-0.4, -0.2) is 18.3 Å². The number of hydrogen-bond acceptors (Lipinski definition) is 2. The highest BCUT2D eigenvalue weighted by Crippen LogP contribution is 2.12. The minimum Gasteiger partial charge on any atom is -0.396 e. The Morgan fingerprint density at radius 1 is 1.31 bits per heavy atom. The Labute approximate surface area is 83.3 Å². The van der Waals surface area contributed by atoms with Gasteiger partial charge in [0.2, 0.25) is 0 Å². The first-order chi connectivity index (χ1) is 6.26. The zero-order chi connectivity index (χ0) is 9.68. The predicted octanol–water partition coefficient (Wildman–Crippen LogP) is 1.45. The van der Waals surface area contributed by atoms with E-state index in [0.717, 1.165) is 17.0 Å². The molecule has 1 rings (SSSR count). The van der Waals surface area contributed by atoms with Gasteiger partial charge < -0.3 is 10.8 Å². The molecule has 0 aliphatic rings. The van der Waals surface area contributed by atoms with Crippen molar-refractivity contribution in [3.05, 3.63) is 34.9 Å². The van der Waals surface area contributed by atoms with Gasteiger partial charge in [0, 0.05) is 11.6 Å². The molecule has 0 unspecified atom stereocenters. The SMILES string of the molecule is NC[C@@H](CO)Cc1ccc(Cl)cc1. The molecule has 0 saturated heterocycles. The van der Waals surface area contributed by atoms with Crippen molar-refractivity contribution in [3.63, 3.8) is 0 Å². The van der Waals surface area contributed by atoms with E-state index in [2.05, 4.69) is 0 Å². The maximum atomic E-state index is 8.94. The fraction of sp³-hybridized carbons (Fsp3) is 0.400. The Kier molecular flexibility index (Phi) is 4.22. The van der Waals surface area contributed by atoms with Crippen molar-refractivity contribution < 1.29 is 5.11 Å². The van der Waals surface area contributed by atoms with Crippen molar-refractivity contribution in [1.29, 1.82) is 0 Å². The quantitative estimate of drug-likeness (QED) is 0.771. The second kappa shape index (κ2) is 5.22. The monoisotopic (exact) mass is 199 g/mol. The molecule has 2 nitrogen and oxygen atoms in total. The van der Waals surface area contributed by atoms with Gasteiger partial charge in [-0.3, -0.25) is 0 Å². The summed E-state index contributed by atoms with van der Waals surface area (Å²) in [7, 11) is 0. The summed E-state index contributed by atoms with van der Waals surface area (Å²) in [5.41, 5.74) is 6.64. The number of halogens is 1. The third-order valence-electron chi connectivity index (χ3n) is 2.03. The molecule has 3 heteroatoms. The third kappa shape index (κ3) is 3.35. The van der Waals surface area contributed by atoms with Crippen LogP contribution in [0.1, 0.15) is 5.56 Å². The van der Waals surface area contributed by atoms with Crippen molar-refractivity contribution in [2.75, 3.05) is 13.2 Å². The van der Waals surface area contributed by atoms with Crippen LogP contribution in [0.15, 0.2) is 24.3 Å². The standard InChI is InChI=1S/C10H14ClNO/c11-10-3-1-8(2-4-10)5-9(6-12)7-13/h1-4,9,13H,5-7,12H2/t9-/m0/s1. The van der Waals surface area contributed by atoms with Crippen LogP contribution in [0.3, 0.4) is 0 Å². The molecule has 0 fully saturated rings. The van der Waals surface area contributed by atoms with Gasteiger partial charge >= 0.3 is 0 Å². The lowest BCUT2D eigenvalue weighted by atomic mass is 10.0. The summed E-state index contributed by atoms with van der Waals surface area (Å²) in [6, 6.07) is 7.62. The lowest BCUT2D eigenvalue weighted by molar-refractivity contribution is 0.230. The fourth-order valence-electron chi connectivity index (χ4n) is 1.18. The second-order valence-electron chi connectivity index (χ2n) is 3.11. The van der Waals surface area contributed by atoms with Crippen molar-refractivity contribution in [3.8, 4) is 0 Å². The molecule has 1 atom stereocenters. The van der Waals surface area contributed by atoms with Gasteiger partial charge in [-0.1, -0.05) is 23.7 Å². The average molecular weight is 200 g/mol. The lowest BCUT2D eigenvalue weighted by Crippen LogP contribution is -2.20. The molecule has 13 heavy (non-hydrogen) atoms. The molecule has 72 valence electrons. The van der Waals surface area contributed by atoms with Gasteiger partial charge in [0.15, 0.2) is 0 Å². The summed E-state index contributed by atoms with van der Waals surface area (Å²) in [6.07, 6.45) is 0.810. The number of aliphatic hydroxyl groups excluding tert-OH is 1. The summed E-state index contributed by atoms with van der Waals surface area (Å²) < 4.78 is 0. The summed E-state index contributed by atoms with van der Waals surface area (Å²) in [5.74, 6) is 0.154. The molecule has 0 radical (unpaired) electrons. The zero-order valence-electron chi connectivity index (χ0n) is 7.41. The molecule has 0 spiro atoms. The van der Waals surface area contributed by atoms with Crippen LogP contribution >= 0.6 is 11.6 Å². The fourth-order valence-corrected chi connectivity index (χ4v) is 1.30. The number of benzene rings is 1. The van der Waals surface area contributed by atoms with E-state index in [0.29, 0.717) is 6.54 Å². The van der Waals surface area contributed by atoms with Crippen LogP contribution in [0.4, 0.5) is 0 Å². The number of nitrogens with two attached hydrogens (primary N) is 1. The maximum absolute atomic E-state index is 8.94. The average Bonchev–Trinajstić information content (AvgIpc) is 2.17. The lowest BCUT2D eigenvalue weighted by Gasteiger charge is -2.10. The van der Waals surface area contributed by atoms with E-state index < -0.39 is 0 Å². The van der Waals surface area contributed by atoms with Gasteiger partial charge in [-0.05, 0) is 36.6 Å². The Hall–Kier alpha value is -0.570. The van der Waals surface area contributed by atoms with Crippen molar-refractivity contribution >= 4 is 11.6 Å². The molecule has 0 saturated carbocycles. The first-order valence-electron chi connectivity index (χ1n) is 4.31. The highest BCUT2D eigenvalue weighted by molar-refractivity contribution is 6.30. The van der Waals surface area contributed by atoms with E-state index in [1.165, 1.54) is 0 Å². The van der Waals surface area contributed by atoms with Gasteiger partial charge in [-0.15, -0.1) is 0 Å². The number of aliphatic hydroxyl groups is 1. The maximum Gasteiger partial charge on any atom is 0.0474 e. The molecular weight excluding hydrogens is 186 g/mol. The number of hydrogen-bond donors (Lipinski definition) is 2. The summed E-state index contributed by atoms with van der Waals surface area (Å²) in [4.78, 5) is 0. The highest BCUT2D eigenvalue weighted by Gasteiger charge is 2.05. The van der Waals surface area contributed by atoms with E-state index in [-0.39, 0.29) is 12.5 Å². The molecule has 0 amide bonds. The van der Waals surface area contributed by atoms with Gasteiger partial charge in [0.05, 0.1) is 0 Å². The van der Waals surface area contributed by atoms with E-state index in [4.69, 9.17) is 22.4 Å². The topological polar surface area (TPSA) is 46.2 Å². The van der Waals surface area contributed by atoms with Crippen molar-refractivity contribution in [2.45, 2.75) is 6.42 Å². The van der Waals surface area contributed by atoms with Crippen LogP contribution in [0, 0.1) is 5.92 Å².